The Morgan fingerprint density at radius 2 is 2.00 bits per heavy atom. The number of benzene rings is 1. The minimum atomic E-state index is -3.41. The molecule has 2 rings (SSSR count). The first-order valence-corrected chi connectivity index (χ1v) is 10.6. The fraction of sp³-hybridized carbons (Fsp3) is 0.556. The number of hydrogen-bond acceptors (Lipinski definition) is 5. The highest BCUT2D eigenvalue weighted by atomic mass is 32.2. The van der Waals surface area contributed by atoms with Gasteiger partial charge in [0.15, 0.2) is 5.96 Å². The van der Waals surface area contributed by atoms with Crippen LogP contribution in [-0.4, -0.2) is 64.8 Å². The highest BCUT2D eigenvalue weighted by Gasteiger charge is 2.36. The number of carbonyl (C=O) groups excluding carboxylic acids is 1. The van der Waals surface area contributed by atoms with Crippen molar-refractivity contribution in [3.05, 3.63) is 35.9 Å². The van der Waals surface area contributed by atoms with Crippen molar-refractivity contribution in [2.45, 2.75) is 13.5 Å². The summed E-state index contributed by atoms with van der Waals surface area (Å²) < 4.78 is 31.8. The van der Waals surface area contributed by atoms with Crippen molar-refractivity contribution in [3.63, 3.8) is 0 Å². The molecule has 0 aliphatic carbocycles. The molecule has 8 nitrogen and oxygen atoms in total. The summed E-state index contributed by atoms with van der Waals surface area (Å²) in [6, 6.07) is 9.36. The van der Waals surface area contributed by atoms with Gasteiger partial charge in [0.05, 0.1) is 18.8 Å². The van der Waals surface area contributed by atoms with Crippen molar-refractivity contribution in [3.8, 4) is 0 Å². The first-order chi connectivity index (χ1) is 12.9. The van der Waals surface area contributed by atoms with Crippen LogP contribution in [-0.2, 0) is 26.1 Å². The van der Waals surface area contributed by atoms with E-state index < -0.39 is 10.0 Å². The minimum absolute atomic E-state index is 0.0668. The zero-order valence-corrected chi connectivity index (χ0v) is 16.8. The average molecular weight is 397 g/mol. The lowest BCUT2D eigenvalue weighted by Crippen LogP contribution is -2.43. The van der Waals surface area contributed by atoms with E-state index in [1.165, 1.54) is 7.11 Å². The molecule has 0 spiro atoms. The van der Waals surface area contributed by atoms with Gasteiger partial charge >= 0.3 is 5.97 Å². The van der Waals surface area contributed by atoms with Gasteiger partial charge in [-0.05, 0) is 11.5 Å². The highest BCUT2D eigenvalue weighted by molar-refractivity contribution is 7.89. The predicted octanol–water partition coefficient (Wildman–Crippen LogP) is 0.422. The lowest BCUT2D eigenvalue weighted by atomic mass is 9.99. The van der Waals surface area contributed by atoms with Crippen LogP contribution in [0.15, 0.2) is 35.3 Å². The zero-order chi connectivity index (χ0) is 19.9. The van der Waals surface area contributed by atoms with Crippen molar-refractivity contribution >= 4 is 22.0 Å². The normalized spacial score (nSPS) is 20.6. The van der Waals surface area contributed by atoms with Gasteiger partial charge in [0.25, 0.3) is 0 Å². The fourth-order valence-electron chi connectivity index (χ4n) is 3.09. The van der Waals surface area contributed by atoms with Crippen LogP contribution >= 0.6 is 0 Å². The molecule has 2 N–H and O–H groups in total. The van der Waals surface area contributed by atoms with E-state index >= 15 is 0 Å². The smallest absolute Gasteiger partial charge is 0.310 e. The van der Waals surface area contributed by atoms with E-state index in [0.29, 0.717) is 19.0 Å². The Morgan fingerprint density at radius 1 is 1.30 bits per heavy atom. The minimum Gasteiger partial charge on any atom is -0.469 e. The van der Waals surface area contributed by atoms with E-state index in [-0.39, 0.29) is 36.6 Å². The predicted molar refractivity (Wildman–Crippen MR) is 105 cm³/mol. The number of hydrogen-bond donors (Lipinski definition) is 2. The number of nitrogens with zero attached hydrogens (tertiary/aromatic N) is 2. The van der Waals surface area contributed by atoms with Gasteiger partial charge in [-0.25, -0.2) is 13.1 Å². The molecule has 150 valence electrons. The van der Waals surface area contributed by atoms with Crippen LogP contribution in [0, 0.1) is 11.8 Å². The third-order valence-corrected chi connectivity index (χ3v) is 5.95. The summed E-state index contributed by atoms with van der Waals surface area (Å²) in [4.78, 5) is 18.0. The molecule has 27 heavy (non-hydrogen) atoms. The van der Waals surface area contributed by atoms with Crippen LogP contribution in [0.3, 0.4) is 0 Å². The standard InChI is InChI=1S/C18H28N4O4S/c1-14-12-22(13-16(14)17(23)26-3)18(19-2)20-9-10-27(24,25)21-11-15-7-5-4-6-8-15/h4-8,14,16,21H,9-13H2,1-3H3,(H,19,20). The molecule has 0 aromatic heterocycles. The molecule has 1 heterocycles. The fourth-order valence-corrected chi connectivity index (χ4v) is 3.99. The maximum atomic E-state index is 12.2. The summed E-state index contributed by atoms with van der Waals surface area (Å²) in [5, 5.41) is 3.07. The maximum absolute atomic E-state index is 12.2. The van der Waals surface area contributed by atoms with Crippen LogP contribution in [0.5, 0.6) is 0 Å². The van der Waals surface area contributed by atoms with Gasteiger partial charge in [0.1, 0.15) is 0 Å². The Morgan fingerprint density at radius 3 is 2.63 bits per heavy atom. The van der Waals surface area contributed by atoms with E-state index in [4.69, 9.17) is 4.74 Å². The SMILES string of the molecule is CN=C(NCCS(=O)(=O)NCc1ccccc1)N1CC(C)C(C(=O)OC)C1. The second-order valence-corrected chi connectivity index (χ2v) is 8.54. The van der Waals surface area contributed by atoms with Crippen LogP contribution in [0.2, 0.25) is 0 Å². The molecule has 0 radical (unpaired) electrons. The molecule has 0 bridgehead atoms. The number of guanidine groups is 1. The van der Waals surface area contributed by atoms with Crippen molar-refractivity contribution in [1.29, 1.82) is 0 Å². The van der Waals surface area contributed by atoms with Gasteiger partial charge in [0.2, 0.25) is 10.0 Å². The largest absolute Gasteiger partial charge is 0.469 e. The van der Waals surface area contributed by atoms with E-state index in [1.54, 1.807) is 7.05 Å². The molecule has 1 fully saturated rings. The van der Waals surface area contributed by atoms with Gasteiger partial charge < -0.3 is 15.0 Å². The summed E-state index contributed by atoms with van der Waals surface area (Å²) in [7, 11) is -0.380. The molecular weight excluding hydrogens is 368 g/mol. The molecule has 1 aromatic rings. The van der Waals surface area contributed by atoms with Gasteiger partial charge in [-0.15, -0.1) is 0 Å². The molecule has 1 aromatic carbocycles. The van der Waals surface area contributed by atoms with Gasteiger partial charge in [-0.2, -0.15) is 0 Å². The summed E-state index contributed by atoms with van der Waals surface area (Å²) in [5.41, 5.74) is 0.907. The summed E-state index contributed by atoms with van der Waals surface area (Å²) in [6.07, 6.45) is 0. The molecule has 2 unspecified atom stereocenters. The molecule has 0 saturated carbocycles. The van der Waals surface area contributed by atoms with Crippen molar-refractivity contribution in [2.75, 3.05) is 39.5 Å². The van der Waals surface area contributed by atoms with E-state index in [9.17, 15) is 13.2 Å². The first kappa shape index (κ1) is 21.2. The monoisotopic (exact) mass is 396 g/mol. The second kappa shape index (κ2) is 9.70. The van der Waals surface area contributed by atoms with Gasteiger partial charge in [-0.1, -0.05) is 37.3 Å². The average Bonchev–Trinajstić information content (AvgIpc) is 3.05. The topological polar surface area (TPSA) is 100 Å². The Labute approximate surface area is 161 Å². The number of likely N-dealkylation sites (tertiary alicyclic amines) is 1. The summed E-state index contributed by atoms with van der Waals surface area (Å²) in [5.74, 6) is 0.236. The van der Waals surface area contributed by atoms with Crippen LogP contribution < -0.4 is 10.0 Å². The van der Waals surface area contributed by atoms with Crippen LogP contribution in [0.4, 0.5) is 0 Å². The van der Waals surface area contributed by atoms with Crippen molar-refractivity contribution in [1.82, 2.24) is 14.9 Å². The lowest BCUT2D eigenvalue weighted by molar-refractivity contribution is -0.145. The number of rotatable bonds is 7. The quantitative estimate of drug-likeness (QED) is 0.394. The Bertz CT molecular complexity index is 752. The first-order valence-electron chi connectivity index (χ1n) is 8.91. The van der Waals surface area contributed by atoms with E-state index in [1.807, 2.05) is 42.2 Å². The van der Waals surface area contributed by atoms with Gasteiger partial charge in [0, 0.05) is 33.2 Å². The Hall–Kier alpha value is -2.13. The Kier molecular flexibility index (Phi) is 7.61. The third-order valence-electron chi connectivity index (χ3n) is 4.62. The van der Waals surface area contributed by atoms with E-state index in [0.717, 1.165) is 5.56 Å². The molecular formula is C18H28N4O4S. The molecule has 0 amide bonds. The number of esters is 1. The molecule has 2 atom stereocenters. The number of ether oxygens (including phenoxy) is 1. The third kappa shape index (κ3) is 6.21. The van der Waals surface area contributed by atoms with Crippen LogP contribution in [0.1, 0.15) is 12.5 Å². The van der Waals surface area contributed by atoms with Crippen molar-refractivity contribution < 1.29 is 17.9 Å². The van der Waals surface area contributed by atoms with E-state index in [2.05, 4.69) is 15.0 Å². The molecule has 1 aliphatic rings. The molecule has 1 aliphatic heterocycles. The van der Waals surface area contributed by atoms with Crippen molar-refractivity contribution in [2.24, 2.45) is 16.8 Å². The highest BCUT2D eigenvalue weighted by Crippen LogP contribution is 2.23. The number of aliphatic imine (C=N–C) groups is 1. The number of methoxy groups -OCH3 is 1. The van der Waals surface area contributed by atoms with Crippen LogP contribution in [0.25, 0.3) is 0 Å². The summed E-state index contributed by atoms with van der Waals surface area (Å²) in [6.45, 7) is 3.66. The second-order valence-electron chi connectivity index (χ2n) is 6.61. The number of carbonyl (C=O) groups is 1. The number of sulfonamides is 1. The summed E-state index contributed by atoms with van der Waals surface area (Å²) >= 11 is 0. The Balaban J connectivity index is 1.81. The lowest BCUT2D eigenvalue weighted by Gasteiger charge is -2.21. The number of nitrogens with one attached hydrogen (secondary N) is 2. The molecule has 9 heteroatoms. The molecule has 1 saturated heterocycles. The van der Waals surface area contributed by atoms with Gasteiger partial charge in [-0.3, -0.25) is 9.79 Å². The maximum Gasteiger partial charge on any atom is 0.310 e. The zero-order valence-electron chi connectivity index (χ0n) is 16.0.